The van der Waals surface area contributed by atoms with Gasteiger partial charge < -0.3 is 34.6 Å². The monoisotopic (exact) mass is 750 g/mol. The number of alkyl halides is 2. The summed E-state index contributed by atoms with van der Waals surface area (Å²) in [6.07, 6.45) is -3.47. The average molecular weight is 751 g/mol. The number of fused-ring (bicyclic) bond motifs is 5. The summed E-state index contributed by atoms with van der Waals surface area (Å²) in [6, 6.07) is -2.34. The van der Waals surface area contributed by atoms with E-state index in [1.54, 1.807) is 23.6 Å². The van der Waals surface area contributed by atoms with E-state index in [9.17, 15) is 19.2 Å². The number of piperazine rings is 1. The molecule has 6 rings (SSSR count). The lowest BCUT2D eigenvalue weighted by atomic mass is 9.71. The molecule has 0 radical (unpaired) electrons. The Bertz CT molecular complexity index is 1360. The molecule has 13 nitrogen and oxygen atoms in total. The first-order chi connectivity index (χ1) is 25.4. The molecule has 0 aromatic heterocycles. The van der Waals surface area contributed by atoms with Gasteiger partial charge in [-0.05, 0) is 57.6 Å². The lowest BCUT2D eigenvalue weighted by Crippen LogP contribution is -2.80. The van der Waals surface area contributed by atoms with Gasteiger partial charge in [0.2, 0.25) is 5.91 Å². The summed E-state index contributed by atoms with van der Waals surface area (Å²) in [5, 5.41) is 10.5. The van der Waals surface area contributed by atoms with Gasteiger partial charge in [0.15, 0.2) is 6.10 Å². The number of amides is 3. The molecule has 1 saturated carbocycles. The number of urea groups is 1. The van der Waals surface area contributed by atoms with Gasteiger partial charge >= 0.3 is 18.0 Å². The van der Waals surface area contributed by atoms with Gasteiger partial charge in [0, 0.05) is 68.4 Å². The summed E-state index contributed by atoms with van der Waals surface area (Å²) in [5.41, 5.74) is 0. The van der Waals surface area contributed by atoms with Crippen LogP contribution in [0.15, 0.2) is 12.7 Å². The minimum atomic E-state index is -1.45. The van der Waals surface area contributed by atoms with Crippen LogP contribution in [0, 0.1) is 23.7 Å². The molecule has 15 heteroatoms. The molecule has 13 unspecified atom stereocenters. The molecular formula is C38H60F2N6O7. The summed E-state index contributed by atoms with van der Waals surface area (Å²) >= 11 is 0. The van der Waals surface area contributed by atoms with E-state index < -0.39 is 84.8 Å². The van der Waals surface area contributed by atoms with Crippen molar-refractivity contribution in [1.82, 2.24) is 30.7 Å². The minimum absolute atomic E-state index is 0.0110. The van der Waals surface area contributed by atoms with Gasteiger partial charge in [-0.2, -0.15) is 0 Å². The Hall–Kier alpha value is -2.88. The first-order valence-electron chi connectivity index (χ1n) is 19.9. The molecule has 53 heavy (non-hydrogen) atoms. The van der Waals surface area contributed by atoms with Crippen molar-refractivity contribution >= 4 is 23.9 Å². The zero-order valence-electron chi connectivity index (χ0n) is 31.9. The van der Waals surface area contributed by atoms with Crippen LogP contribution in [0.2, 0.25) is 0 Å². The molecule has 0 spiro atoms. The van der Waals surface area contributed by atoms with Crippen LogP contribution in [0.5, 0.6) is 0 Å². The van der Waals surface area contributed by atoms with E-state index in [-0.39, 0.29) is 62.2 Å². The summed E-state index contributed by atoms with van der Waals surface area (Å²) < 4.78 is 51.9. The fourth-order valence-electron chi connectivity index (χ4n) is 10.2. The van der Waals surface area contributed by atoms with Crippen LogP contribution in [0.1, 0.15) is 79.6 Å². The quantitative estimate of drug-likeness (QED) is 0.263. The first-order valence-corrected chi connectivity index (χ1v) is 19.9. The molecule has 5 saturated heterocycles. The zero-order valence-corrected chi connectivity index (χ0v) is 31.9. The lowest BCUT2D eigenvalue weighted by Gasteiger charge is -2.60. The first kappa shape index (κ1) is 39.8. The van der Waals surface area contributed by atoms with E-state index in [1.165, 1.54) is 6.08 Å². The van der Waals surface area contributed by atoms with Gasteiger partial charge in [-0.1, -0.05) is 34.3 Å². The molecule has 5 aliphatic heterocycles. The third-order valence-corrected chi connectivity index (χ3v) is 12.7. The number of esters is 2. The van der Waals surface area contributed by atoms with Crippen LogP contribution in [0.4, 0.5) is 13.6 Å². The van der Waals surface area contributed by atoms with Gasteiger partial charge in [0.05, 0.1) is 31.1 Å². The largest absolute Gasteiger partial charge is 0.458 e. The second kappa shape index (κ2) is 16.9. The lowest BCUT2D eigenvalue weighted by molar-refractivity contribution is -0.193. The fraction of sp³-hybridized carbons (Fsp3) is 0.842. The zero-order chi connectivity index (χ0) is 38.1. The molecule has 6 aliphatic rings. The van der Waals surface area contributed by atoms with Crippen LogP contribution < -0.4 is 16.0 Å². The summed E-state index contributed by atoms with van der Waals surface area (Å²) in [6.45, 7) is 14.8. The van der Waals surface area contributed by atoms with E-state index >= 15 is 8.78 Å². The van der Waals surface area contributed by atoms with Crippen molar-refractivity contribution in [2.45, 2.75) is 147 Å². The molecule has 6 fully saturated rings. The predicted molar refractivity (Wildman–Crippen MR) is 192 cm³/mol. The van der Waals surface area contributed by atoms with E-state index in [4.69, 9.17) is 14.2 Å². The normalized spacial score (nSPS) is 40.8. The smallest absolute Gasteiger partial charge is 0.320 e. The molecule has 298 valence electrons. The molecule has 5 heterocycles. The molecule has 3 amide bonds. The molecule has 14 atom stereocenters. The highest BCUT2D eigenvalue weighted by molar-refractivity contribution is 5.87. The topological polar surface area (TPSA) is 142 Å². The SMILES string of the molecule is C=CC(=O)N1CCN(C2NC(=O)N3C4NC(C(F)CC42)C2C(F)CCCC2OCC(OC(=O)CC)C(OC(=O)CC)C2CCNC(C(C)C)C23)[C@@H](C)C1. The molecular weight excluding hydrogens is 690 g/mol. The van der Waals surface area contributed by atoms with Gasteiger partial charge in [0.25, 0.3) is 0 Å². The Morgan fingerprint density at radius 3 is 2.43 bits per heavy atom. The number of halogens is 2. The Morgan fingerprint density at radius 2 is 1.75 bits per heavy atom. The number of piperidine rings is 2. The Kier molecular flexibility index (Phi) is 12.7. The van der Waals surface area contributed by atoms with Crippen LogP contribution in [-0.4, -0.2) is 139 Å². The number of carbonyl (C=O) groups excluding carboxylic acids is 4. The van der Waals surface area contributed by atoms with Crippen molar-refractivity contribution in [1.29, 1.82) is 0 Å². The molecule has 1 aliphatic carbocycles. The van der Waals surface area contributed by atoms with Crippen LogP contribution in [0.25, 0.3) is 0 Å². The second-order valence-electron chi connectivity index (χ2n) is 16.2. The number of carbonyl (C=O) groups is 4. The maximum atomic E-state index is 16.9. The van der Waals surface area contributed by atoms with Crippen LogP contribution in [0.3, 0.4) is 0 Å². The molecule has 0 aromatic carbocycles. The summed E-state index contributed by atoms with van der Waals surface area (Å²) in [7, 11) is 0. The third kappa shape index (κ3) is 7.95. The van der Waals surface area contributed by atoms with Gasteiger partial charge in [0.1, 0.15) is 18.4 Å². The van der Waals surface area contributed by atoms with Crippen molar-refractivity contribution in [2.75, 3.05) is 32.8 Å². The molecule has 0 aromatic rings. The highest BCUT2D eigenvalue weighted by Crippen LogP contribution is 2.44. The number of nitrogens with one attached hydrogen (secondary N) is 3. The Labute approximate surface area is 312 Å². The van der Waals surface area contributed by atoms with Crippen LogP contribution >= 0.6 is 0 Å². The van der Waals surface area contributed by atoms with Crippen LogP contribution in [-0.2, 0) is 28.6 Å². The maximum absolute atomic E-state index is 16.9. The minimum Gasteiger partial charge on any atom is -0.458 e. The highest BCUT2D eigenvalue weighted by Gasteiger charge is 2.59. The second-order valence-corrected chi connectivity index (χ2v) is 16.2. The molecule has 3 N–H and O–H groups in total. The van der Waals surface area contributed by atoms with Gasteiger partial charge in [-0.3, -0.25) is 24.6 Å². The van der Waals surface area contributed by atoms with Gasteiger partial charge in [-0.15, -0.1) is 0 Å². The highest BCUT2D eigenvalue weighted by atomic mass is 19.1. The predicted octanol–water partition coefficient (Wildman–Crippen LogP) is 2.88. The number of nitrogens with zero attached hydrogens (tertiary/aromatic N) is 3. The van der Waals surface area contributed by atoms with Crippen molar-refractivity contribution in [3.63, 3.8) is 0 Å². The standard InChI is InChI=1S/C38H60F2N6O7/c1-7-28(47)44-15-16-45(21(6)18-44)36-23-17-25(40)33-31-24(39)11-10-12-26(31)51-19-27(52-29(48)8-2)35(53-30(49)9-3)22-13-14-41-32(20(4)5)34(22)46(37(23)42-33)38(50)43-36/h7,20-27,31-37,41-42H,1,8-19H2,2-6H3,(H,43,50)/t21-,22?,23?,24?,25?,26?,27?,31?,32?,33?,34?,35?,36?,37?/m0/s1. The van der Waals surface area contributed by atoms with E-state index in [1.807, 2.05) is 6.92 Å². The van der Waals surface area contributed by atoms with E-state index in [2.05, 4.69) is 41.3 Å². The fourth-order valence-corrected chi connectivity index (χ4v) is 10.2. The number of ether oxygens (including phenoxy) is 3. The Balaban J connectivity index is 1.47. The number of hydrogen-bond acceptors (Lipinski definition) is 10. The summed E-state index contributed by atoms with van der Waals surface area (Å²) in [4.78, 5) is 59.2. The average Bonchev–Trinajstić information content (AvgIpc) is 3.14. The van der Waals surface area contributed by atoms with Crippen molar-refractivity contribution in [2.24, 2.45) is 23.7 Å². The van der Waals surface area contributed by atoms with Crippen molar-refractivity contribution in [3.8, 4) is 0 Å². The number of hydrogen-bond donors (Lipinski definition) is 3. The summed E-state index contributed by atoms with van der Waals surface area (Å²) in [5.74, 6) is -2.95. The third-order valence-electron chi connectivity index (χ3n) is 12.7. The molecule has 2 bridgehead atoms. The Morgan fingerprint density at radius 1 is 1.02 bits per heavy atom. The maximum Gasteiger partial charge on any atom is 0.320 e. The van der Waals surface area contributed by atoms with E-state index in [0.717, 1.165) is 0 Å². The van der Waals surface area contributed by atoms with Crippen molar-refractivity contribution < 1.29 is 42.2 Å². The van der Waals surface area contributed by atoms with E-state index in [0.29, 0.717) is 45.4 Å². The van der Waals surface area contributed by atoms with Crippen molar-refractivity contribution in [3.05, 3.63) is 12.7 Å². The van der Waals surface area contributed by atoms with Gasteiger partial charge in [-0.25, -0.2) is 13.6 Å². The number of rotatable bonds is 7.